The SMILES string of the molecule is Cc1ccc(C)c(OCCN2C(=O)S/C(=C\c3ccc(Sc4ccc(Cl)cc4)o3)C2=O)c1. The summed E-state index contributed by atoms with van der Waals surface area (Å²) in [6, 6.07) is 17.0. The van der Waals surface area contributed by atoms with E-state index in [4.69, 9.17) is 20.8 Å². The van der Waals surface area contributed by atoms with Gasteiger partial charge in [-0.1, -0.05) is 35.5 Å². The van der Waals surface area contributed by atoms with E-state index in [-0.39, 0.29) is 24.3 Å². The molecule has 0 saturated carbocycles. The van der Waals surface area contributed by atoms with Crippen LogP contribution in [0.5, 0.6) is 5.75 Å². The Bertz CT molecular complexity index is 1190. The van der Waals surface area contributed by atoms with Crippen LogP contribution in [0.4, 0.5) is 4.79 Å². The molecule has 2 heterocycles. The van der Waals surface area contributed by atoms with Gasteiger partial charge in [0.25, 0.3) is 11.1 Å². The van der Waals surface area contributed by atoms with Crippen LogP contribution in [0, 0.1) is 13.8 Å². The zero-order valence-corrected chi connectivity index (χ0v) is 19.9. The lowest BCUT2D eigenvalue weighted by atomic mass is 10.1. The van der Waals surface area contributed by atoms with Crippen molar-refractivity contribution < 1.29 is 18.7 Å². The highest BCUT2D eigenvalue weighted by atomic mass is 35.5. The summed E-state index contributed by atoms with van der Waals surface area (Å²) in [5, 5.41) is 1.04. The van der Waals surface area contributed by atoms with Crippen LogP contribution in [0.15, 0.2) is 73.9 Å². The largest absolute Gasteiger partial charge is 0.491 e. The van der Waals surface area contributed by atoms with Crippen molar-refractivity contribution in [1.82, 2.24) is 4.90 Å². The van der Waals surface area contributed by atoms with Gasteiger partial charge in [-0.2, -0.15) is 0 Å². The first-order valence-corrected chi connectivity index (χ1v) is 11.9. The fourth-order valence-corrected chi connectivity index (χ4v) is 4.77. The summed E-state index contributed by atoms with van der Waals surface area (Å²) in [5.41, 5.74) is 2.10. The molecule has 4 rings (SSSR count). The summed E-state index contributed by atoms with van der Waals surface area (Å²) in [5.74, 6) is 0.931. The minimum Gasteiger partial charge on any atom is -0.491 e. The summed E-state index contributed by atoms with van der Waals surface area (Å²) >= 11 is 8.27. The number of thioether (sulfide) groups is 1. The Morgan fingerprint density at radius 3 is 2.66 bits per heavy atom. The van der Waals surface area contributed by atoms with Gasteiger partial charge in [-0.05, 0) is 79.2 Å². The second-order valence-corrected chi connectivity index (χ2v) is 9.67. The van der Waals surface area contributed by atoms with Crippen LogP contribution < -0.4 is 4.74 Å². The van der Waals surface area contributed by atoms with Crippen molar-refractivity contribution in [3.8, 4) is 5.75 Å². The Morgan fingerprint density at radius 1 is 1.09 bits per heavy atom. The van der Waals surface area contributed by atoms with E-state index in [2.05, 4.69) is 0 Å². The van der Waals surface area contributed by atoms with E-state index in [0.717, 1.165) is 33.5 Å². The molecule has 32 heavy (non-hydrogen) atoms. The van der Waals surface area contributed by atoms with Crippen molar-refractivity contribution in [3.63, 3.8) is 0 Å². The van der Waals surface area contributed by atoms with E-state index in [1.54, 1.807) is 12.1 Å². The normalized spacial score (nSPS) is 15.1. The summed E-state index contributed by atoms with van der Waals surface area (Å²) < 4.78 is 11.6. The van der Waals surface area contributed by atoms with Gasteiger partial charge in [-0.3, -0.25) is 14.5 Å². The minimum absolute atomic E-state index is 0.186. The Hall–Kier alpha value is -2.61. The highest BCUT2D eigenvalue weighted by molar-refractivity contribution is 8.18. The highest BCUT2D eigenvalue weighted by Gasteiger charge is 2.35. The standard InChI is InChI=1S/C24H20ClNO4S2/c1-15-3-4-16(2)20(13-15)29-12-11-26-23(27)21(32-24(26)28)14-18-7-10-22(30-18)31-19-8-5-17(25)6-9-19/h3-10,13-14H,11-12H2,1-2H3/b21-14-. The van der Waals surface area contributed by atoms with Gasteiger partial charge in [-0.25, -0.2) is 0 Å². The lowest BCUT2D eigenvalue weighted by Gasteiger charge is -2.14. The maximum absolute atomic E-state index is 12.7. The van der Waals surface area contributed by atoms with Crippen LogP contribution >= 0.6 is 35.1 Å². The van der Waals surface area contributed by atoms with E-state index in [1.165, 1.54) is 16.7 Å². The predicted octanol–water partition coefficient (Wildman–Crippen LogP) is 6.82. The van der Waals surface area contributed by atoms with Crippen LogP contribution in [-0.4, -0.2) is 29.2 Å². The number of hydrogen-bond donors (Lipinski definition) is 0. The third-order valence-electron chi connectivity index (χ3n) is 4.70. The number of carbonyl (C=O) groups is 2. The van der Waals surface area contributed by atoms with Crippen molar-refractivity contribution >= 4 is 52.3 Å². The van der Waals surface area contributed by atoms with E-state index in [9.17, 15) is 9.59 Å². The number of rotatable bonds is 7. The molecule has 0 aliphatic carbocycles. The van der Waals surface area contributed by atoms with E-state index in [1.807, 2.05) is 62.4 Å². The Balaban J connectivity index is 1.37. The molecule has 0 unspecified atom stereocenters. The number of aryl methyl sites for hydroxylation is 2. The van der Waals surface area contributed by atoms with Crippen molar-refractivity contribution in [2.45, 2.75) is 23.8 Å². The predicted molar refractivity (Wildman–Crippen MR) is 128 cm³/mol. The number of amides is 2. The first kappa shape index (κ1) is 22.6. The zero-order chi connectivity index (χ0) is 22.7. The molecule has 2 aromatic carbocycles. The molecule has 0 spiro atoms. The van der Waals surface area contributed by atoms with Crippen molar-refractivity contribution in [1.29, 1.82) is 0 Å². The second-order valence-electron chi connectivity index (χ2n) is 7.16. The molecule has 0 bridgehead atoms. The summed E-state index contributed by atoms with van der Waals surface area (Å²) in [6.07, 6.45) is 1.60. The van der Waals surface area contributed by atoms with Gasteiger partial charge in [0.1, 0.15) is 18.1 Å². The number of carbonyl (C=O) groups excluding carboxylic acids is 2. The molecule has 1 fully saturated rings. The fourth-order valence-electron chi connectivity index (χ4n) is 3.02. The molecule has 1 saturated heterocycles. The minimum atomic E-state index is -0.340. The molecular formula is C24H20ClNO4S2. The van der Waals surface area contributed by atoms with Crippen molar-refractivity contribution in [3.05, 3.63) is 81.4 Å². The molecule has 1 aliphatic rings. The molecule has 5 nitrogen and oxygen atoms in total. The van der Waals surface area contributed by atoms with Crippen molar-refractivity contribution in [2.24, 2.45) is 0 Å². The number of furan rings is 1. The van der Waals surface area contributed by atoms with Crippen LogP contribution in [0.3, 0.4) is 0 Å². The summed E-state index contributed by atoms with van der Waals surface area (Å²) in [4.78, 5) is 27.6. The third kappa shape index (κ3) is 5.41. The zero-order valence-electron chi connectivity index (χ0n) is 17.5. The first-order valence-electron chi connectivity index (χ1n) is 9.88. The number of halogens is 1. The molecule has 0 N–H and O–H groups in total. The van der Waals surface area contributed by atoms with Crippen LogP contribution in [0.2, 0.25) is 5.02 Å². The number of hydrogen-bond acceptors (Lipinski definition) is 6. The fraction of sp³-hybridized carbons (Fsp3) is 0.167. The Morgan fingerprint density at radius 2 is 1.88 bits per heavy atom. The molecule has 0 atom stereocenters. The smallest absolute Gasteiger partial charge is 0.293 e. The van der Waals surface area contributed by atoms with Gasteiger partial charge in [0.2, 0.25) is 0 Å². The third-order valence-corrected chi connectivity index (χ3v) is 6.79. The maximum Gasteiger partial charge on any atom is 0.293 e. The monoisotopic (exact) mass is 485 g/mol. The highest BCUT2D eigenvalue weighted by Crippen LogP contribution is 2.34. The van der Waals surface area contributed by atoms with Crippen LogP contribution in [-0.2, 0) is 4.79 Å². The van der Waals surface area contributed by atoms with Gasteiger partial charge in [0.05, 0.1) is 11.4 Å². The second kappa shape index (κ2) is 9.90. The number of ether oxygens (including phenoxy) is 1. The average Bonchev–Trinajstić information content (AvgIpc) is 3.31. The summed E-state index contributed by atoms with van der Waals surface area (Å²) in [7, 11) is 0. The lowest BCUT2D eigenvalue weighted by Crippen LogP contribution is -2.32. The van der Waals surface area contributed by atoms with Crippen molar-refractivity contribution in [2.75, 3.05) is 13.2 Å². The topological polar surface area (TPSA) is 59.8 Å². The lowest BCUT2D eigenvalue weighted by molar-refractivity contribution is -0.123. The number of nitrogens with zero attached hydrogens (tertiary/aromatic N) is 1. The van der Waals surface area contributed by atoms with Gasteiger partial charge in [0, 0.05) is 16.0 Å². The Kier molecular flexibility index (Phi) is 6.98. The molecule has 2 amide bonds. The molecular weight excluding hydrogens is 466 g/mol. The van der Waals surface area contributed by atoms with E-state index < -0.39 is 0 Å². The van der Waals surface area contributed by atoms with E-state index >= 15 is 0 Å². The first-order chi connectivity index (χ1) is 15.4. The van der Waals surface area contributed by atoms with Gasteiger partial charge in [-0.15, -0.1) is 0 Å². The number of benzene rings is 2. The van der Waals surface area contributed by atoms with Gasteiger partial charge in [0.15, 0.2) is 5.09 Å². The molecule has 3 aromatic rings. The molecule has 0 radical (unpaired) electrons. The van der Waals surface area contributed by atoms with Crippen LogP contribution in [0.1, 0.15) is 16.9 Å². The van der Waals surface area contributed by atoms with Gasteiger partial charge < -0.3 is 9.15 Å². The number of imide groups is 1. The molecule has 8 heteroatoms. The quantitative estimate of drug-likeness (QED) is 0.342. The maximum atomic E-state index is 12.7. The molecule has 1 aromatic heterocycles. The Labute approximate surface area is 199 Å². The molecule has 164 valence electrons. The van der Waals surface area contributed by atoms with Gasteiger partial charge >= 0.3 is 0 Å². The van der Waals surface area contributed by atoms with Crippen LogP contribution in [0.25, 0.3) is 6.08 Å². The summed E-state index contributed by atoms with van der Waals surface area (Å²) in [6.45, 7) is 4.37. The van der Waals surface area contributed by atoms with E-state index in [0.29, 0.717) is 20.8 Å². The average molecular weight is 486 g/mol. The molecule has 1 aliphatic heterocycles.